The molecule has 1 aromatic rings. The van der Waals surface area contributed by atoms with Gasteiger partial charge in [0.05, 0.1) is 5.51 Å². The highest BCUT2D eigenvalue weighted by atomic mass is 32.1. The van der Waals surface area contributed by atoms with Crippen LogP contribution in [0.25, 0.3) is 0 Å². The number of carbonyl (C=O) groups excluding carboxylic acids is 1. The molecule has 104 valence electrons. The first kappa shape index (κ1) is 13.8. The molecule has 2 N–H and O–H groups in total. The summed E-state index contributed by atoms with van der Waals surface area (Å²) in [6.07, 6.45) is 3.25. The second-order valence-electron chi connectivity index (χ2n) is 4.59. The number of rotatable bonds is 4. The summed E-state index contributed by atoms with van der Waals surface area (Å²) in [5.41, 5.74) is 1.44. The molecule has 2 rings (SSSR count). The molecule has 0 aromatic carbocycles. The Kier molecular flexibility index (Phi) is 4.36. The number of carboxylic acids is 1. The number of nitrogens with one attached hydrogen (secondary N) is 1. The number of hydrogen-bond acceptors (Lipinski definition) is 5. The van der Waals surface area contributed by atoms with E-state index in [0.29, 0.717) is 5.00 Å². The van der Waals surface area contributed by atoms with Gasteiger partial charge in [-0.3, -0.25) is 4.79 Å². The molecule has 1 atom stereocenters. The fourth-order valence-electron chi connectivity index (χ4n) is 2.15. The lowest BCUT2D eigenvalue weighted by Gasteiger charge is -2.29. The molecule has 19 heavy (non-hydrogen) atoms. The van der Waals surface area contributed by atoms with Crippen molar-refractivity contribution < 1.29 is 14.7 Å². The maximum absolute atomic E-state index is 12.2. The molecule has 0 bridgehead atoms. The van der Waals surface area contributed by atoms with Crippen molar-refractivity contribution in [2.75, 3.05) is 18.4 Å². The molecular formula is C12H17N3O3S. The van der Waals surface area contributed by atoms with Crippen molar-refractivity contribution in [3.8, 4) is 0 Å². The van der Waals surface area contributed by atoms with E-state index in [1.807, 2.05) is 4.90 Å². The van der Waals surface area contributed by atoms with Crippen molar-refractivity contribution in [3.63, 3.8) is 0 Å². The number of thiazole rings is 1. The Bertz CT molecular complexity index is 469. The third kappa shape index (κ3) is 3.23. The SMILES string of the molecule is CC(Nc1scnc1C(=O)O)C(=O)N1CCCCC1. The van der Waals surface area contributed by atoms with Crippen molar-refractivity contribution in [1.82, 2.24) is 9.88 Å². The molecule has 6 nitrogen and oxygen atoms in total. The Morgan fingerprint density at radius 3 is 2.74 bits per heavy atom. The normalized spacial score (nSPS) is 17.0. The monoisotopic (exact) mass is 283 g/mol. The van der Waals surface area contributed by atoms with Gasteiger partial charge in [-0.05, 0) is 26.2 Å². The van der Waals surface area contributed by atoms with Crippen LogP contribution in [0.1, 0.15) is 36.7 Å². The zero-order valence-corrected chi connectivity index (χ0v) is 11.6. The van der Waals surface area contributed by atoms with Gasteiger partial charge >= 0.3 is 5.97 Å². The predicted molar refractivity (Wildman–Crippen MR) is 72.6 cm³/mol. The molecule has 1 fully saturated rings. The summed E-state index contributed by atoms with van der Waals surface area (Å²) in [7, 11) is 0. The highest BCUT2D eigenvalue weighted by Gasteiger charge is 2.24. The van der Waals surface area contributed by atoms with Gasteiger partial charge in [-0.25, -0.2) is 9.78 Å². The van der Waals surface area contributed by atoms with Crippen LogP contribution in [-0.4, -0.2) is 46.0 Å². The number of piperidine rings is 1. The number of hydrogen-bond donors (Lipinski definition) is 2. The van der Waals surface area contributed by atoms with E-state index in [1.165, 1.54) is 23.3 Å². The second-order valence-corrected chi connectivity index (χ2v) is 5.44. The van der Waals surface area contributed by atoms with Crippen LogP contribution >= 0.6 is 11.3 Å². The van der Waals surface area contributed by atoms with Crippen LogP contribution in [-0.2, 0) is 4.79 Å². The van der Waals surface area contributed by atoms with Crippen molar-refractivity contribution >= 4 is 28.2 Å². The lowest BCUT2D eigenvalue weighted by Crippen LogP contribution is -2.43. The van der Waals surface area contributed by atoms with Crippen LogP contribution in [0.4, 0.5) is 5.00 Å². The van der Waals surface area contributed by atoms with Crippen molar-refractivity contribution in [3.05, 3.63) is 11.2 Å². The summed E-state index contributed by atoms with van der Waals surface area (Å²) in [4.78, 5) is 28.8. The fourth-order valence-corrected chi connectivity index (χ4v) is 2.91. The molecule has 1 unspecified atom stereocenters. The van der Waals surface area contributed by atoms with Gasteiger partial charge in [-0.15, -0.1) is 11.3 Å². The smallest absolute Gasteiger partial charge is 0.357 e. The number of carbonyl (C=O) groups is 2. The van der Waals surface area contributed by atoms with Gasteiger partial charge in [-0.1, -0.05) is 0 Å². The Morgan fingerprint density at radius 1 is 1.42 bits per heavy atom. The first-order valence-corrected chi connectivity index (χ1v) is 7.19. The third-order valence-electron chi connectivity index (χ3n) is 3.16. The van der Waals surface area contributed by atoms with Gasteiger partial charge in [-0.2, -0.15) is 0 Å². The van der Waals surface area contributed by atoms with E-state index in [9.17, 15) is 9.59 Å². The van der Waals surface area contributed by atoms with Gasteiger partial charge in [0.25, 0.3) is 0 Å². The van der Waals surface area contributed by atoms with Crippen LogP contribution in [0, 0.1) is 0 Å². The van der Waals surface area contributed by atoms with Gasteiger partial charge in [0.1, 0.15) is 11.0 Å². The summed E-state index contributed by atoms with van der Waals surface area (Å²) >= 11 is 1.20. The molecule has 1 aliphatic rings. The van der Waals surface area contributed by atoms with Crippen molar-refractivity contribution in [1.29, 1.82) is 0 Å². The minimum atomic E-state index is -1.08. The summed E-state index contributed by atoms with van der Waals surface area (Å²) in [6.45, 7) is 3.33. The molecule has 0 spiro atoms. The molecule has 0 radical (unpaired) electrons. The number of amides is 1. The van der Waals surface area contributed by atoms with Gasteiger partial charge < -0.3 is 15.3 Å². The minimum Gasteiger partial charge on any atom is -0.476 e. The first-order valence-electron chi connectivity index (χ1n) is 6.31. The summed E-state index contributed by atoms with van der Waals surface area (Å²) in [5.74, 6) is -1.06. The number of likely N-dealkylation sites (tertiary alicyclic amines) is 1. The number of carboxylic acid groups (broad SMARTS) is 1. The maximum atomic E-state index is 12.2. The second kappa shape index (κ2) is 6.01. The molecule has 1 aromatic heterocycles. The largest absolute Gasteiger partial charge is 0.476 e. The number of aromatic carboxylic acids is 1. The van der Waals surface area contributed by atoms with E-state index >= 15 is 0 Å². The van der Waals surface area contributed by atoms with E-state index in [1.54, 1.807) is 6.92 Å². The zero-order chi connectivity index (χ0) is 13.8. The van der Waals surface area contributed by atoms with Crippen molar-refractivity contribution in [2.24, 2.45) is 0 Å². The molecule has 0 aliphatic carbocycles. The van der Waals surface area contributed by atoms with Gasteiger partial charge in [0.15, 0.2) is 5.69 Å². The molecule has 2 heterocycles. The quantitative estimate of drug-likeness (QED) is 0.878. The van der Waals surface area contributed by atoms with Crippen molar-refractivity contribution in [2.45, 2.75) is 32.2 Å². The number of anilines is 1. The Hall–Kier alpha value is -1.63. The standard InChI is InChI=1S/C12H17N3O3S/c1-8(11(16)15-5-3-2-4-6-15)14-10-9(12(17)18)13-7-19-10/h7-8,14H,2-6H2,1H3,(H,17,18). The Balaban J connectivity index is 1.99. The van der Waals surface area contributed by atoms with Crippen LogP contribution in [0.5, 0.6) is 0 Å². The van der Waals surface area contributed by atoms with E-state index < -0.39 is 12.0 Å². The van der Waals surface area contributed by atoms with Gasteiger partial charge in [0.2, 0.25) is 5.91 Å². The van der Waals surface area contributed by atoms with E-state index in [0.717, 1.165) is 25.9 Å². The van der Waals surface area contributed by atoms with Crippen LogP contribution in [0.3, 0.4) is 0 Å². The highest BCUT2D eigenvalue weighted by Crippen LogP contribution is 2.21. The maximum Gasteiger partial charge on any atom is 0.357 e. The molecule has 0 saturated carbocycles. The summed E-state index contributed by atoms with van der Waals surface area (Å²) < 4.78 is 0. The fraction of sp³-hybridized carbons (Fsp3) is 0.583. The highest BCUT2D eigenvalue weighted by molar-refractivity contribution is 7.14. The van der Waals surface area contributed by atoms with Crippen LogP contribution in [0.2, 0.25) is 0 Å². The third-order valence-corrected chi connectivity index (χ3v) is 3.91. The minimum absolute atomic E-state index is 0.0180. The number of nitrogens with zero attached hydrogens (tertiary/aromatic N) is 2. The Labute approximate surface area is 115 Å². The summed E-state index contributed by atoms with van der Waals surface area (Å²) in [5, 5.41) is 12.4. The lowest BCUT2D eigenvalue weighted by atomic mass is 10.1. The lowest BCUT2D eigenvalue weighted by molar-refractivity contribution is -0.132. The van der Waals surface area contributed by atoms with Gasteiger partial charge in [0, 0.05) is 13.1 Å². The molecule has 1 amide bonds. The molecule has 1 saturated heterocycles. The average Bonchev–Trinajstić information content (AvgIpc) is 2.87. The zero-order valence-electron chi connectivity index (χ0n) is 10.8. The first-order chi connectivity index (χ1) is 9.09. The van der Waals surface area contributed by atoms with E-state index in [-0.39, 0.29) is 11.6 Å². The van der Waals surface area contributed by atoms with Crippen LogP contribution in [0.15, 0.2) is 5.51 Å². The Morgan fingerprint density at radius 2 is 2.11 bits per heavy atom. The van der Waals surface area contributed by atoms with E-state index in [4.69, 9.17) is 5.11 Å². The number of aromatic nitrogens is 1. The average molecular weight is 283 g/mol. The summed E-state index contributed by atoms with van der Waals surface area (Å²) in [6, 6.07) is -0.434. The predicted octanol–water partition coefficient (Wildman–Crippen LogP) is 1.65. The topological polar surface area (TPSA) is 82.5 Å². The molecule has 1 aliphatic heterocycles. The van der Waals surface area contributed by atoms with Crippen LogP contribution < -0.4 is 5.32 Å². The molecular weight excluding hydrogens is 266 g/mol. The van der Waals surface area contributed by atoms with E-state index in [2.05, 4.69) is 10.3 Å². The molecule has 7 heteroatoms.